The van der Waals surface area contributed by atoms with Gasteiger partial charge >= 0.3 is 0 Å². The first kappa shape index (κ1) is 15.7. The number of rotatable bonds is 4. The number of benzene rings is 1. The number of aromatic nitrogens is 3. The Kier molecular flexibility index (Phi) is 4.30. The normalized spacial score (nSPS) is 11.2. The lowest BCUT2D eigenvalue weighted by Crippen LogP contribution is -1.92. The first-order chi connectivity index (χ1) is 11.7. The predicted molar refractivity (Wildman–Crippen MR) is 99.2 cm³/mol. The van der Waals surface area contributed by atoms with Crippen molar-refractivity contribution in [1.82, 2.24) is 15.2 Å². The molecule has 0 fully saturated rings. The molecular weight excluding hydrogens is 361 g/mol. The second-order valence-corrected chi connectivity index (χ2v) is 8.28. The molecule has 0 aliphatic rings. The molecule has 24 heavy (non-hydrogen) atoms. The minimum absolute atomic E-state index is 0.220. The molecule has 1 aromatic carbocycles. The SMILES string of the molecule is Cc1nc2c(SCc3cccc(F)c3)nnc(-c3cccs3)c2s1. The fourth-order valence-electron chi connectivity index (χ4n) is 2.37. The van der Waals surface area contributed by atoms with Gasteiger partial charge in [0.2, 0.25) is 0 Å². The lowest BCUT2D eigenvalue weighted by atomic mass is 10.2. The molecule has 3 nitrogen and oxygen atoms in total. The van der Waals surface area contributed by atoms with Crippen LogP contribution in [-0.4, -0.2) is 15.2 Å². The van der Waals surface area contributed by atoms with Crippen LogP contribution in [0.15, 0.2) is 46.8 Å². The van der Waals surface area contributed by atoms with Crippen molar-refractivity contribution >= 4 is 44.7 Å². The molecule has 0 saturated heterocycles. The lowest BCUT2D eigenvalue weighted by molar-refractivity contribution is 0.626. The van der Waals surface area contributed by atoms with Crippen molar-refractivity contribution in [2.24, 2.45) is 0 Å². The van der Waals surface area contributed by atoms with Crippen LogP contribution in [0.5, 0.6) is 0 Å². The first-order valence-electron chi connectivity index (χ1n) is 7.25. The van der Waals surface area contributed by atoms with E-state index in [1.165, 1.54) is 17.8 Å². The Morgan fingerprint density at radius 3 is 2.88 bits per heavy atom. The molecule has 4 rings (SSSR count). The van der Waals surface area contributed by atoms with Gasteiger partial charge in [0.25, 0.3) is 0 Å². The second kappa shape index (κ2) is 6.58. The molecule has 7 heteroatoms. The number of nitrogens with zero attached hydrogens (tertiary/aromatic N) is 3. The third-order valence-electron chi connectivity index (χ3n) is 3.41. The highest BCUT2D eigenvalue weighted by atomic mass is 32.2. The number of thiophene rings is 1. The Labute approximate surface area is 150 Å². The van der Waals surface area contributed by atoms with Gasteiger partial charge in [0.1, 0.15) is 22.1 Å². The summed E-state index contributed by atoms with van der Waals surface area (Å²) in [5, 5.41) is 12.6. The van der Waals surface area contributed by atoms with E-state index in [1.807, 2.05) is 30.5 Å². The van der Waals surface area contributed by atoms with Gasteiger partial charge in [0.15, 0.2) is 0 Å². The van der Waals surface area contributed by atoms with Crippen molar-refractivity contribution < 1.29 is 4.39 Å². The van der Waals surface area contributed by atoms with Crippen LogP contribution < -0.4 is 0 Å². The molecule has 0 amide bonds. The van der Waals surface area contributed by atoms with E-state index in [1.54, 1.807) is 34.8 Å². The van der Waals surface area contributed by atoms with E-state index in [9.17, 15) is 4.39 Å². The molecule has 0 aliphatic heterocycles. The van der Waals surface area contributed by atoms with Crippen LogP contribution in [-0.2, 0) is 5.75 Å². The smallest absolute Gasteiger partial charge is 0.146 e. The van der Waals surface area contributed by atoms with E-state index in [4.69, 9.17) is 0 Å². The first-order valence-corrected chi connectivity index (χ1v) is 9.94. The molecule has 0 N–H and O–H groups in total. The van der Waals surface area contributed by atoms with Gasteiger partial charge in [-0.2, -0.15) is 0 Å². The van der Waals surface area contributed by atoms with Gasteiger partial charge in [0.05, 0.1) is 14.6 Å². The number of aryl methyl sites for hydroxylation is 1. The summed E-state index contributed by atoms with van der Waals surface area (Å²) in [5.74, 6) is 0.415. The highest BCUT2D eigenvalue weighted by Crippen LogP contribution is 2.37. The van der Waals surface area contributed by atoms with Crippen LogP contribution >= 0.6 is 34.4 Å². The Morgan fingerprint density at radius 1 is 1.17 bits per heavy atom. The zero-order valence-corrected chi connectivity index (χ0v) is 15.1. The summed E-state index contributed by atoms with van der Waals surface area (Å²) in [6, 6.07) is 10.7. The highest BCUT2D eigenvalue weighted by Gasteiger charge is 2.16. The molecular formula is C17H12FN3S3. The van der Waals surface area contributed by atoms with E-state index in [2.05, 4.69) is 15.2 Å². The van der Waals surface area contributed by atoms with Crippen LogP contribution in [0.3, 0.4) is 0 Å². The summed E-state index contributed by atoms with van der Waals surface area (Å²) in [6.45, 7) is 1.99. The lowest BCUT2D eigenvalue weighted by Gasteiger charge is -2.04. The average molecular weight is 374 g/mol. The maximum Gasteiger partial charge on any atom is 0.146 e. The molecule has 3 heterocycles. The van der Waals surface area contributed by atoms with Gasteiger partial charge in [-0.05, 0) is 36.1 Å². The number of hydrogen-bond acceptors (Lipinski definition) is 6. The van der Waals surface area contributed by atoms with Crippen molar-refractivity contribution in [1.29, 1.82) is 0 Å². The topological polar surface area (TPSA) is 38.7 Å². The quantitative estimate of drug-likeness (QED) is 0.439. The van der Waals surface area contributed by atoms with E-state index < -0.39 is 0 Å². The zero-order valence-electron chi connectivity index (χ0n) is 12.7. The number of thioether (sulfide) groups is 1. The third-order valence-corrected chi connectivity index (χ3v) is 6.29. The maximum atomic E-state index is 13.3. The van der Waals surface area contributed by atoms with Crippen LogP contribution in [0.1, 0.15) is 10.6 Å². The fraction of sp³-hybridized carbons (Fsp3) is 0.118. The molecule has 0 bridgehead atoms. The van der Waals surface area contributed by atoms with Crippen molar-refractivity contribution in [3.05, 3.63) is 58.2 Å². The molecule has 0 saturated carbocycles. The Bertz CT molecular complexity index is 996. The van der Waals surface area contributed by atoms with Crippen molar-refractivity contribution in [2.45, 2.75) is 17.7 Å². The van der Waals surface area contributed by atoms with Crippen LogP contribution in [0.2, 0.25) is 0 Å². The van der Waals surface area contributed by atoms with Gasteiger partial charge in [-0.3, -0.25) is 0 Å². The Hall–Kier alpha value is -1.83. The molecule has 3 aromatic heterocycles. The molecule has 0 aliphatic carbocycles. The van der Waals surface area contributed by atoms with Crippen LogP contribution in [0, 0.1) is 12.7 Å². The van der Waals surface area contributed by atoms with Gasteiger partial charge < -0.3 is 0 Å². The molecule has 120 valence electrons. The fourth-order valence-corrected chi connectivity index (χ4v) is 5.00. The van der Waals surface area contributed by atoms with Crippen molar-refractivity contribution in [3.63, 3.8) is 0 Å². The standard InChI is InChI=1S/C17H12FN3S3/c1-10-19-15-16(24-10)14(13-6-3-7-22-13)20-21-17(15)23-9-11-4-2-5-12(18)8-11/h2-8H,9H2,1H3. The average Bonchev–Trinajstić information content (AvgIpc) is 3.21. The Morgan fingerprint density at radius 2 is 2.08 bits per heavy atom. The van der Waals surface area contributed by atoms with Crippen molar-refractivity contribution in [3.8, 4) is 10.6 Å². The molecule has 0 unspecified atom stereocenters. The summed E-state index contributed by atoms with van der Waals surface area (Å²) in [5.41, 5.74) is 2.70. The largest absolute Gasteiger partial charge is 0.238 e. The maximum absolute atomic E-state index is 13.3. The van der Waals surface area contributed by atoms with E-state index in [0.29, 0.717) is 5.75 Å². The minimum atomic E-state index is -0.220. The minimum Gasteiger partial charge on any atom is -0.238 e. The summed E-state index contributed by atoms with van der Waals surface area (Å²) in [7, 11) is 0. The summed E-state index contributed by atoms with van der Waals surface area (Å²) < 4.78 is 14.4. The molecule has 0 spiro atoms. The Balaban J connectivity index is 1.70. The third kappa shape index (κ3) is 3.07. The van der Waals surface area contributed by atoms with Gasteiger partial charge in [0, 0.05) is 5.75 Å². The van der Waals surface area contributed by atoms with E-state index in [-0.39, 0.29) is 5.82 Å². The molecule has 0 atom stereocenters. The summed E-state index contributed by atoms with van der Waals surface area (Å²) in [4.78, 5) is 5.73. The number of halogens is 1. The van der Waals surface area contributed by atoms with Gasteiger partial charge in [-0.25, -0.2) is 9.37 Å². The summed E-state index contributed by atoms with van der Waals surface area (Å²) in [6.07, 6.45) is 0. The highest BCUT2D eigenvalue weighted by molar-refractivity contribution is 7.98. The van der Waals surface area contributed by atoms with Crippen LogP contribution in [0.4, 0.5) is 4.39 Å². The molecule has 4 aromatic rings. The van der Waals surface area contributed by atoms with Crippen molar-refractivity contribution in [2.75, 3.05) is 0 Å². The van der Waals surface area contributed by atoms with E-state index >= 15 is 0 Å². The monoisotopic (exact) mass is 373 g/mol. The predicted octanol–water partition coefficient (Wildman–Crippen LogP) is 5.55. The van der Waals surface area contributed by atoms with Gasteiger partial charge in [-0.15, -0.1) is 32.9 Å². The second-order valence-electron chi connectivity index (χ2n) is 5.16. The zero-order chi connectivity index (χ0) is 16.5. The number of hydrogen-bond donors (Lipinski definition) is 0. The van der Waals surface area contributed by atoms with Gasteiger partial charge in [-0.1, -0.05) is 30.0 Å². The summed E-state index contributed by atoms with van der Waals surface area (Å²) >= 11 is 4.82. The molecule has 0 radical (unpaired) electrons. The number of thiazole rings is 1. The van der Waals surface area contributed by atoms with Crippen LogP contribution in [0.25, 0.3) is 20.8 Å². The van der Waals surface area contributed by atoms with E-state index in [0.717, 1.165) is 36.4 Å². The number of fused-ring (bicyclic) bond motifs is 1.